The zero-order chi connectivity index (χ0) is 18.2. The predicted octanol–water partition coefficient (Wildman–Crippen LogP) is 3.07. The summed E-state index contributed by atoms with van der Waals surface area (Å²) in [7, 11) is 0. The highest BCUT2D eigenvalue weighted by Gasteiger charge is 2.22. The van der Waals surface area contributed by atoms with E-state index in [-0.39, 0.29) is 0 Å². The van der Waals surface area contributed by atoms with E-state index in [1.807, 2.05) is 30.3 Å². The molecule has 0 radical (unpaired) electrons. The molecule has 0 aromatic heterocycles. The first-order valence-corrected chi connectivity index (χ1v) is 8.91. The smallest absolute Gasteiger partial charge is 0.119 e. The molecule has 0 saturated carbocycles. The van der Waals surface area contributed by atoms with Crippen molar-refractivity contribution in [3.8, 4) is 17.9 Å². The van der Waals surface area contributed by atoms with Gasteiger partial charge in [-0.25, -0.2) is 0 Å². The van der Waals surface area contributed by atoms with Gasteiger partial charge in [0.25, 0.3) is 0 Å². The molecular formula is C21H22N4O. The zero-order valence-electron chi connectivity index (χ0n) is 14.7. The standard InChI is InChI=1S/C21H22N4O/c22-15-17-5-4-6-18(16-23)21(17)25-12-9-19(10-13-25)24-11-14-26-20-7-2-1-3-8-20/h1-8,19,24H,9-14H2. The van der Waals surface area contributed by atoms with Crippen molar-refractivity contribution in [2.45, 2.75) is 18.9 Å². The Bertz CT molecular complexity index is 767. The Labute approximate surface area is 154 Å². The number of piperidine rings is 1. The molecule has 1 saturated heterocycles. The molecule has 0 aliphatic carbocycles. The third-order valence-corrected chi connectivity index (χ3v) is 4.64. The van der Waals surface area contributed by atoms with Crippen molar-refractivity contribution in [2.75, 3.05) is 31.1 Å². The molecule has 1 heterocycles. The fourth-order valence-corrected chi connectivity index (χ4v) is 3.32. The molecule has 5 heteroatoms. The van der Waals surface area contributed by atoms with Gasteiger partial charge in [0, 0.05) is 25.7 Å². The van der Waals surface area contributed by atoms with Crippen LogP contribution in [0.25, 0.3) is 0 Å². The lowest BCUT2D eigenvalue weighted by molar-refractivity contribution is 0.296. The van der Waals surface area contributed by atoms with Crippen molar-refractivity contribution in [2.24, 2.45) is 0 Å². The maximum Gasteiger partial charge on any atom is 0.119 e. The van der Waals surface area contributed by atoms with E-state index in [9.17, 15) is 10.5 Å². The van der Waals surface area contributed by atoms with Crippen molar-refractivity contribution in [3.63, 3.8) is 0 Å². The third kappa shape index (κ3) is 4.33. The van der Waals surface area contributed by atoms with Crippen LogP contribution in [0, 0.1) is 22.7 Å². The predicted molar refractivity (Wildman–Crippen MR) is 101 cm³/mol. The Kier molecular flexibility index (Phi) is 6.09. The molecule has 0 unspecified atom stereocenters. The molecule has 5 nitrogen and oxygen atoms in total. The first-order valence-electron chi connectivity index (χ1n) is 8.91. The van der Waals surface area contributed by atoms with E-state index in [2.05, 4.69) is 22.4 Å². The number of rotatable bonds is 6. The summed E-state index contributed by atoms with van der Waals surface area (Å²) in [6, 6.07) is 20.0. The molecule has 3 rings (SSSR count). The highest BCUT2D eigenvalue weighted by molar-refractivity contribution is 5.68. The minimum absolute atomic E-state index is 0.436. The second-order valence-corrected chi connectivity index (χ2v) is 6.30. The summed E-state index contributed by atoms with van der Waals surface area (Å²) in [5.41, 5.74) is 1.93. The van der Waals surface area contributed by atoms with Gasteiger partial charge in [0.1, 0.15) is 24.5 Å². The second kappa shape index (κ2) is 8.89. The van der Waals surface area contributed by atoms with Gasteiger partial charge in [0.2, 0.25) is 0 Å². The molecule has 0 bridgehead atoms. The summed E-state index contributed by atoms with van der Waals surface area (Å²) >= 11 is 0. The molecule has 2 aromatic rings. The molecule has 0 spiro atoms. The zero-order valence-corrected chi connectivity index (χ0v) is 14.7. The van der Waals surface area contributed by atoms with E-state index in [1.54, 1.807) is 18.2 Å². The van der Waals surface area contributed by atoms with Gasteiger partial charge in [-0.2, -0.15) is 10.5 Å². The van der Waals surface area contributed by atoms with Gasteiger partial charge >= 0.3 is 0 Å². The fraction of sp³-hybridized carbons (Fsp3) is 0.333. The van der Waals surface area contributed by atoms with E-state index in [0.717, 1.165) is 43.9 Å². The van der Waals surface area contributed by atoms with Crippen LogP contribution in [0.1, 0.15) is 24.0 Å². The van der Waals surface area contributed by atoms with Gasteiger partial charge in [0.05, 0.1) is 16.8 Å². The van der Waals surface area contributed by atoms with Crippen LogP contribution in [0.5, 0.6) is 5.75 Å². The Hall–Kier alpha value is -3.02. The lowest BCUT2D eigenvalue weighted by Crippen LogP contribution is -2.44. The monoisotopic (exact) mass is 346 g/mol. The minimum atomic E-state index is 0.436. The van der Waals surface area contributed by atoms with Crippen LogP contribution in [-0.4, -0.2) is 32.3 Å². The van der Waals surface area contributed by atoms with Gasteiger partial charge in [-0.3, -0.25) is 0 Å². The van der Waals surface area contributed by atoms with Crippen molar-refractivity contribution in [3.05, 3.63) is 59.7 Å². The van der Waals surface area contributed by atoms with E-state index in [1.165, 1.54) is 0 Å². The van der Waals surface area contributed by atoms with Crippen molar-refractivity contribution in [1.82, 2.24) is 5.32 Å². The topological polar surface area (TPSA) is 72.1 Å². The molecule has 2 aromatic carbocycles. The Morgan fingerprint density at radius 1 is 0.962 bits per heavy atom. The summed E-state index contributed by atoms with van der Waals surface area (Å²) in [6.07, 6.45) is 1.96. The van der Waals surface area contributed by atoms with Crippen LogP contribution in [0.15, 0.2) is 48.5 Å². The van der Waals surface area contributed by atoms with E-state index in [0.29, 0.717) is 23.8 Å². The number of nitriles is 2. The SMILES string of the molecule is N#Cc1cccc(C#N)c1N1CCC(NCCOc2ccccc2)CC1. The molecule has 0 atom stereocenters. The maximum absolute atomic E-state index is 9.35. The van der Waals surface area contributed by atoms with Crippen molar-refractivity contribution < 1.29 is 4.74 Å². The molecular weight excluding hydrogens is 324 g/mol. The number of hydrogen-bond donors (Lipinski definition) is 1. The number of nitrogens with one attached hydrogen (secondary N) is 1. The highest BCUT2D eigenvalue weighted by atomic mass is 16.5. The number of nitrogens with zero attached hydrogens (tertiary/aromatic N) is 3. The van der Waals surface area contributed by atoms with Crippen LogP contribution in [0.4, 0.5) is 5.69 Å². The summed E-state index contributed by atoms with van der Waals surface area (Å²) in [6.45, 7) is 3.12. The van der Waals surface area contributed by atoms with Crippen LogP contribution >= 0.6 is 0 Å². The summed E-state index contributed by atoms with van der Waals surface area (Å²) in [5, 5.41) is 22.2. The summed E-state index contributed by atoms with van der Waals surface area (Å²) in [5.74, 6) is 0.890. The second-order valence-electron chi connectivity index (χ2n) is 6.30. The lowest BCUT2D eigenvalue weighted by Gasteiger charge is -2.35. The van der Waals surface area contributed by atoms with Crippen LogP contribution in [-0.2, 0) is 0 Å². The van der Waals surface area contributed by atoms with Crippen molar-refractivity contribution in [1.29, 1.82) is 10.5 Å². The van der Waals surface area contributed by atoms with Gasteiger partial charge < -0.3 is 15.0 Å². The first kappa shape index (κ1) is 17.8. The Balaban J connectivity index is 1.48. The average Bonchev–Trinajstić information content (AvgIpc) is 2.72. The first-order chi connectivity index (χ1) is 12.8. The molecule has 1 aliphatic rings. The van der Waals surface area contributed by atoms with Crippen molar-refractivity contribution >= 4 is 5.69 Å². The number of hydrogen-bond acceptors (Lipinski definition) is 5. The Morgan fingerprint density at radius 2 is 1.62 bits per heavy atom. The number of para-hydroxylation sites is 2. The van der Waals surface area contributed by atoms with Crippen LogP contribution in [0.2, 0.25) is 0 Å². The number of ether oxygens (including phenoxy) is 1. The highest BCUT2D eigenvalue weighted by Crippen LogP contribution is 2.27. The lowest BCUT2D eigenvalue weighted by atomic mass is 10.0. The normalized spacial score (nSPS) is 14.5. The molecule has 26 heavy (non-hydrogen) atoms. The molecule has 1 fully saturated rings. The van der Waals surface area contributed by atoms with Crippen LogP contribution < -0.4 is 15.0 Å². The van der Waals surface area contributed by atoms with E-state index < -0.39 is 0 Å². The molecule has 132 valence electrons. The van der Waals surface area contributed by atoms with Gasteiger partial charge in [-0.1, -0.05) is 24.3 Å². The average molecular weight is 346 g/mol. The number of benzene rings is 2. The largest absolute Gasteiger partial charge is 0.492 e. The van der Waals surface area contributed by atoms with E-state index >= 15 is 0 Å². The fourth-order valence-electron chi connectivity index (χ4n) is 3.32. The van der Waals surface area contributed by atoms with Crippen LogP contribution in [0.3, 0.4) is 0 Å². The Morgan fingerprint density at radius 3 is 2.23 bits per heavy atom. The van der Waals surface area contributed by atoms with E-state index in [4.69, 9.17) is 4.74 Å². The molecule has 1 aliphatic heterocycles. The quantitative estimate of drug-likeness (QED) is 0.814. The third-order valence-electron chi connectivity index (χ3n) is 4.64. The van der Waals surface area contributed by atoms with Gasteiger partial charge in [-0.05, 0) is 37.1 Å². The molecule has 1 N–H and O–H groups in total. The summed E-state index contributed by atoms with van der Waals surface area (Å²) < 4.78 is 5.70. The molecule has 0 amide bonds. The maximum atomic E-state index is 9.35. The van der Waals surface area contributed by atoms with Gasteiger partial charge in [0.15, 0.2) is 0 Å². The van der Waals surface area contributed by atoms with Gasteiger partial charge in [-0.15, -0.1) is 0 Å². The number of anilines is 1. The minimum Gasteiger partial charge on any atom is -0.492 e. The summed E-state index contributed by atoms with van der Waals surface area (Å²) in [4.78, 5) is 2.16.